The van der Waals surface area contributed by atoms with Crippen LogP contribution in [0.1, 0.15) is 19.8 Å². The smallest absolute Gasteiger partial charge is 0.317 e. The van der Waals surface area contributed by atoms with E-state index in [9.17, 15) is 9.59 Å². The summed E-state index contributed by atoms with van der Waals surface area (Å²) >= 11 is 0. The lowest BCUT2D eigenvalue weighted by Crippen LogP contribution is -2.43. The van der Waals surface area contributed by atoms with Gasteiger partial charge in [-0.25, -0.2) is 4.79 Å². The number of urea groups is 1. The molecule has 0 bridgehead atoms. The lowest BCUT2D eigenvalue weighted by Gasteiger charge is -2.21. The summed E-state index contributed by atoms with van der Waals surface area (Å²) in [6, 6.07) is 1.65. The molecule has 102 valence electrons. The molecule has 0 aliphatic carbocycles. The van der Waals surface area contributed by atoms with Crippen molar-refractivity contribution in [3.63, 3.8) is 0 Å². The minimum absolute atomic E-state index is 0.130. The van der Waals surface area contributed by atoms with Crippen LogP contribution in [-0.2, 0) is 9.53 Å². The maximum absolute atomic E-state index is 11.7. The van der Waals surface area contributed by atoms with E-state index in [-0.39, 0.29) is 25.4 Å². The van der Waals surface area contributed by atoms with Crippen molar-refractivity contribution < 1.29 is 19.4 Å². The van der Waals surface area contributed by atoms with Crippen molar-refractivity contribution in [1.29, 1.82) is 5.26 Å². The fraction of sp³-hybridized carbons (Fsp3) is 0.727. The van der Waals surface area contributed by atoms with Crippen LogP contribution in [-0.4, -0.2) is 54.9 Å². The average Bonchev–Trinajstić information content (AvgIpc) is 2.34. The number of rotatable bonds is 8. The Morgan fingerprint density at radius 2 is 2.22 bits per heavy atom. The molecule has 0 radical (unpaired) electrons. The normalized spacial score (nSPS) is 11.4. The standard InChI is InChI=1S/C11H19N3O4/c1-3-14(6-4-5-12)11(17)13-8-9(18-2)7-10(15)16/h9H,3-4,6-8H2,1-2H3,(H,13,17)(H,15,16). The van der Waals surface area contributed by atoms with E-state index in [0.29, 0.717) is 13.1 Å². The number of amides is 2. The van der Waals surface area contributed by atoms with Crippen molar-refractivity contribution in [3.8, 4) is 6.07 Å². The van der Waals surface area contributed by atoms with Crippen molar-refractivity contribution in [2.45, 2.75) is 25.9 Å². The van der Waals surface area contributed by atoms with Crippen LogP contribution in [0, 0.1) is 11.3 Å². The lowest BCUT2D eigenvalue weighted by atomic mass is 10.2. The molecule has 1 atom stereocenters. The van der Waals surface area contributed by atoms with Gasteiger partial charge in [0.25, 0.3) is 0 Å². The Kier molecular flexibility index (Phi) is 8.31. The number of nitriles is 1. The molecule has 0 fully saturated rings. The molecule has 0 heterocycles. The first-order valence-corrected chi connectivity index (χ1v) is 5.69. The van der Waals surface area contributed by atoms with Gasteiger partial charge >= 0.3 is 12.0 Å². The SMILES string of the molecule is CCN(CCC#N)C(=O)NCC(CC(=O)O)OC. The number of hydrogen-bond acceptors (Lipinski definition) is 4. The predicted octanol–water partition coefficient (Wildman–Crippen LogP) is 0.421. The third kappa shape index (κ3) is 6.70. The number of nitrogens with one attached hydrogen (secondary N) is 1. The summed E-state index contributed by atoms with van der Waals surface area (Å²) in [6.45, 7) is 2.78. The van der Waals surface area contributed by atoms with E-state index in [1.54, 1.807) is 0 Å². The molecular weight excluding hydrogens is 238 g/mol. The molecule has 7 heteroatoms. The summed E-state index contributed by atoms with van der Waals surface area (Å²) in [7, 11) is 1.40. The first-order chi connectivity index (χ1) is 8.54. The second-order valence-corrected chi connectivity index (χ2v) is 3.63. The van der Waals surface area contributed by atoms with Crippen LogP contribution in [0.3, 0.4) is 0 Å². The molecule has 18 heavy (non-hydrogen) atoms. The molecule has 2 N–H and O–H groups in total. The summed E-state index contributed by atoms with van der Waals surface area (Å²) in [6.07, 6.45) is -0.452. The molecule has 0 aliphatic heterocycles. The molecule has 0 aromatic rings. The largest absolute Gasteiger partial charge is 0.481 e. The van der Waals surface area contributed by atoms with Crippen LogP contribution >= 0.6 is 0 Å². The fourth-order valence-electron chi connectivity index (χ4n) is 1.33. The van der Waals surface area contributed by atoms with Crippen LogP contribution in [0.25, 0.3) is 0 Å². The zero-order valence-electron chi connectivity index (χ0n) is 10.7. The highest BCUT2D eigenvalue weighted by Crippen LogP contribution is 1.97. The quantitative estimate of drug-likeness (QED) is 0.656. The van der Waals surface area contributed by atoms with Gasteiger partial charge < -0.3 is 20.1 Å². The first kappa shape index (κ1) is 16.2. The zero-order chi connectivity index (χ0) is 14.0. The molecule has 0 spiro atoms. The summed E-state index contributed by atoms with van der Waals surface area (Å²) in [5.74, 6) is -0.979. The summed E-state index contributed by atoms with van der Waals surface area (Å²) in [4.78, 5) is 23.7. The topological polar surface area (TPSA) is 103 Å². The molecule has 0 aromatic carbocycles. The van der Waals surface area contributed by atoms with Gasteiger partial charge in [-0.15, -0.1) is 0 Å². The van der Waals surface area contributed by atoms with Gasteiger partial charge in [0.1, 0.15) is 0 Å². The molecule has 0 saturated carbocycles. The van der Waals surface area contributed by atoms with Gasteiger partial charge in [-0.1, -0.05) is 0 Å². The van der Waals surface area contributed by atoms with E-state index in [0.717, 1.165) is 0 Å². The summed E-state index contributed by atoms with van der Waals surface area (Å²) in [5, 5.41) is 19.7. The minimum atomic E-state index is -0.979. The molecule has 2 amide bonds. The molecule has 0 rings (SSSR count). The molecular formula is C11H19N3O4. The highest BCUT2D eigenvalue weighted by molar-refractivity contribution is 5.74. The van der Waals surface area contributed by atoms with Crippen LogP contribution in [0.2, 0.25) is 0 Å². The van der Waals surface area contributed by atoms with Crippen LogP contribution < -0.4 is 5.32 Å². The van der Waals surface area contributed by atoms with Crippen LogP contribution in [0.4, 0.5) is 4.79 Å². The molecule has 0 aliphatic rings. The third-order valence-corrected chi connectivity index (χ3v) is 2.38. The van der Waals surface area contributed by atoms with Gasteiger partial charge in [-0.05, 0) is 6.92 Å². The molecule has 1 unspecified atom stereocenters. The number of carbonyl (C=O) groups excluding carboxylic acids is 1. The summed E-state index contributed by atoms with van der Waals surface area (Å²) in [5.41, 5.74) is 0. The van der Waals surface area contributed by atoms with Gasteiger partial charge in [0.05, 0.1) is 25.0 Å². The van der Waals surface area contributed by atoms with Crippen molar-refractivity contribution in [3.05, 3.63) is 0 Å². The number of carboxylic acids is 1. The number of nitrogens with zero attached hydrogens (tertiary/aromatic N) is 2. The van der Waals surface area contributed by atoms with E-state index in [2.05, 4.69) is 5.32 Å². The van der Waals surface area contributed by atoms with Gasteiger partial charge in [0, 0.05) is 26.7 Å². The second-order valence-electron chi connectivity index (χ2n) is 3.63. The highest BCUT2D eigenvalue weighted by Gasteiger charge is 2.16. The van der Waals surface area contributed by atoms with E-state index in [4.69, 9.17) is 15.1 Å². The Hall–Kier alpha value is -1.81. The number of aliphatic carboxylic acids is 1. The van der Waals surface area contributed by atoms with E-state index < -0.39 is 12.1 Å². The average molecular weight is 257 g/mol. The lowest BCUT2D eigenvalue weighted by molar-refractivity contribution is -0.139. The highest BCUT2D eigenvalue weighted by atomic mass is 16.5. The number of carboxylic acid groups (broad SMARTS) is 1. The number of methoxy groups -OCH3 is 1. The van der Waals surface area contributed by atoms with E-state index in [1.165, 1.54) is 12.0 Å². The molecule has 0 saturated heterocycles. The van der Waals surface area contributed by atoms with Crippen LogP contribution in [0.5, 0.6) is 0 Å². The van der Waals surface area contributed by atoms with E-state index in [1.807, 2.05) is 13.0 Å². The maximum atomic E-state index is 11.7. The third-order valence-electron chi connectivity index (χ3n) is 2.38. The Balaban J connectivity index is 4.12. The van der Waals surface area contributed by atoms with Crippen molar-refractivity contribution >= 4 is 12.0 Å². The van der Waals surface area contributed by atoms with Crippen molar-refractivity contribution in [2.75, 3.05) is 26.7 Å². The Labute approximate surface area is 106 Å². The van der Waals surface area contributed by atoms with Gasteiger partial charge in [0.2, 0.25) is 0 Å². The number of carbonyl (C=O) groups is 2. The van der Waals surface area contributed by atoms with Gasteiger partial charge in [0.15, 0.2) is 0 Å². The Morgan fingerprint density at radius 3 is 2.67 bits per heavy atom. The summed E-state index contributed by atoms with van der Waals surface area (Å²) < 4.78 is 4.94. The monoisotopic (exact) mass is 257 g/mol. The first-order valence-electron chi connectivity index (χ1n) is 5.69. The zero-order valence-corrected chi connectivity index (χ0v) is 10.7. The van der Waals surface area contributed by atoms with Crippen molar-refractivity contribution in [2.24, 2.45) is 0 Å². The minimum Gasteiger partial charge on any atom is -0.481 e. The number of ether oxygens (including phenoxy) is 1. The fourth-order valence-corrected chi connectivity index (χ4v) is 1.33. The molecule has 0 aromatic heterocycles. The van der Waals surface area contributed by atoms with Gasteiger partial charge in [-0.2, -0.15) is 5.26 Å². The van der Waals surface area contributed by atoms with Crippen molar-refractivity contribution in [1.82, 2.24) is 10.2 Å². The second kappa shape index (κ2) is 9.24. The predicted molar refractivity (Wildman–Crippen MR) is 63.9 cm³/mol. The van der Waals surface area contributed by atoms with Gasteiger partial charge in [-0.3, -0.25) is 4.79 Å². The van der Waals surface area contributed by atoms with Crippen LogP contribution in [0.15, 0.2) is 0 Å². The Morgan fingerprint density at radius 1 is 1.56 bits per heavy atom. The van der Waals surface area contributed by atoms with E-state index >= 15 is 0 Å². The molecule has 7 nitrogen and oxygen atoms in total. The number of hydrogen-bond donors (Lipinski definition) is 2. The Bertz CT molecular complexity index is 314. The maximum Gasteiger partial charge on any atom is 0.317 e.